The van der Waals surface area contributed by atoms with Gasteiger partial charge in [-0.3, -0.25) is 4.90 Å². The van der Waals surface area contributed by atoms with Crippen LogP contribution < -0.4 is 0 Å². The lowest BCUT2D eigenvalue weighted by atomic mass is 10.1. The van der Waals surface area contributed by atoms with E-state index in [0.717, 1.165) is 5.56 Å². The van der Waals surface area contributed by atoms with Gasteiger partial charge in [-0.2, -0.15) is 4.98 Å². The van der Waals surface area contributed by atoms with Gasteiger partial charge in [-0.15, -0.1) is 0 Å². The maximum atomic E-state index is 11.5. The molecule has 0 spiro atoms. The van der Waals surface area contributed by atoms with Crippen LogP contribution in [0.2, 0.25) is 0 Å². The zero-order chi connectivity index (χ0) is 18.0. The third-order valence-electron chi connectivity index (χ3n) is 4.05. The number of furan rings is 1. The van der Waals surface area contributed by atoms with Gasteiger partial charge in [-0.25, -0.2) is 8.42 Å². The Bertz CT molecular complexity index is 931. The number of sulfone groups is 1. The zero-order valence-corrected chi connectivity index (χ0v) is 15.0. The zero-order valence-electron chi connectivity index (χ0n) is 14.2. The van der Waals surface area contributed by atoms with Gasteiger partial charge >= 0.3 is 0 Å². The highest BCUT2D eigenvalue weighted by Gasteiger charge is 2.17. The van der Waals surface area contributed by atoms with Gasteiger partial charge in [0.25, 0.3) is 0 Å². The van der Waals surface area contributed by atoms with Crippen LogP contribution in [0, 0.1) is 0 Å². The van der Waals surface area contributed by atoms with E-state index in [1.54, 1.807) is 30.5 Å². The van der Waals surface area contributed by atoms with E-state index in [-0.39, 0.29) is 6.04 Å². The van der Waals surface area contributed by atoms with Crippen LogP contribution >= 0.6 is 0 Å². The lowest BCUT2D eigenvalue weighted by Gasteiger charge is -2.23. The second-order valence-electron chi connectivity index (χ2n) is 5.92. The lowest BCUT2D eigenvalue weighted by Crippen LogP contribution is -2.22. The first-order valence-electron chi connectivity index (χ1n) is 7.71. The lowest BCUT2D eigenvalue weighted by molar-refractivity contribution is 0.216. The molecule has 25 heavy (non-hydrogen) atoms. The molecule has 0 aliphatic heterocycles. The quantitative estimate of drug-likeness (QED) is 0.667. The maximum absolute atomic E-state index is 11.5. The summed E-state index contributed by atoms with van der Waals surface area (Å²) in [5, 5.41) is 3.91. The van der Waals surface area contributed by atoms with Crippen molar-refractivity contribution in [2.45, 2.75) is 24.4 Å². The van der Waals surface area contributed by atoms with E-state index in [4.69, 9.17) is 8.94 Å². The maximum Gasteiger partial charge on any atom is 0.241 e. The summed E-state index contributed by atoms with van der Waals surface area (Å²) >= 11 is 0. The summed E-state index contributed by atoms with van der Waals surface area (Å²) in [4.78, 5) is 6.67. The molecule has 132 valence electrons. The molecule has 8 heteroatoms. The highest BCUT2D eigenvalue weighted by Crippen LogP contribution is 2.23. The minimum Gasteiger partial charge on any atom is -0.461 e. The van der Waals surface area contributed by atoms with Crippen LogP contribution in [0.5, 0.6) is 0 Å². The van der Waals surface area contributed by atoms with Crippen LogP contribution in [0.25, 0.3) is 11.6 Å². The predicted octanol–water partition coefficient (Wildman–Crippen LogP) is 2.93. The molecule has 1 aromatic carbocycles. The molecule has 0 aliphatic rings. The Hall–Kier alpha value is -2.45. The molecule has 0 unspecified atom stereocenters. The van der Waals surface area contributed by atoms with E-state index in [1.807, 2.05) is 31.0 Å². The second-order valence-corrected chi connectivity index (χ2v) is 7.94. The van der Waals surface area contributed by atoms with E-state index in [1.165, 1.54) is 6.26 Å². The van der Waals surface area contributed by atoms with Gasteiger partial charge in [0.15, 0.2) is 15.6 Å². The fourth-order valence-corrected chi connectivity index (χ4v) is 3.05. The molecule has 1 atom stereocenters. The van der Waals surface area contributed by atoms with Crippen molar-refractivity contribution in [3.8, 4) is 11.6 Å². The summed E-state index contributed by atoms with van der Waals surface area (Å²) in [7, 11) is -1.25. The van der Waals surface area contributed by atoms with Gasteiger partial charge in [0.05, 0.1) is 17.7 Å². The first kappa shape index (κ1) is 17.4. The van der Waals surface area contributed by atoms with Gasteiger partial charge in [-0.05, 0) is 43.8 Å². The molecule has 0 N–H and O–H groups in total. The van der Waals surface area contributed by atoms with Gasteiger partial charge in [0, 0.05) is 12.3 Å². The summed E-state index contributed by atoms with van der Waals surface area (Å²) in [5.41, 5.74) is 1.00. The number of rotatable bonds is 6. The number of benzene rings is 1. The third kappa shape index (κ3) is 3.97. The largest absolute Gasteiger partial charge is 0.461 e. The van der Waals surface area contributed by atoms with Crippen LogP contribution in [0.3, 0.4) is 0 Å². The number of nitrogens with zero attached hydrogens (tertiary/aromatic N) is 3. The minimum absolute atomic E-state index is 0.0487. The highest BCUT2D eigenvalue weighted by molar-refractivity contribution is 7.90. The fraction of sp³-hybridized carbons (Fsp3) is 0.294. The smallest absolute Gasteiger partial charge is 0.241 e. The van der Waals surface area contributed by atoms with Crippen molar-refractivity contribution in [1.82, 2.24) is 15.0 Å². The van der Waals surface area contributed by atoms with E-state index >= 15 is 0 Å². The van der Waals surface area contributed by atoms with Crippen molar-refractivity contribution in [1.29, 1.82) is 0 Å². The molecule has 0 aliphatic carbocycles. The molecule has 0 saturated carbocycles. The van der Waals surface area contributed by atoms with Crippen LogP contribution in [-0.2, 0) is 16.4 Å². The van der Waals surface area contributed by atoms with E-state index in [9.17, 15) is 8.42 Å². The average molecular weight is 361 g/mol. The summed E-state index contributed by atoms with van der Waals surface area (Å²) < 4.78 is 33.6. The number of aromatic nitrogens is 2. The Labute approximate surface area is 146 Å². The molecule has 7 nitrogen and oxygen atoms in total. The fourth-order valence-electron chi connectivity index (χ4n) is 2.42. The predicted molar refractivity (Wildman–Crippen MR) is 91.4 cm³/mol. The molecular weight excluding hydrogens is 342 g/mol. The Morgan fingerprint density at radius 3 is 2.52 bits per heavy atom. The first-order valence-corrected chi connectivity index (χ1v) is 9.60. The van der Waals surface area contributed by atoms with Crippen LogP contribution in [0.4, 0.5) is 0 Å². The van der Waals surface area contributed by atoms with Gasteiger partial charge in [-0.1, -0.05) is 17.3 Å². The monoisotopic (exact) mass is 361 g/mol. The first-order chi connectivity index (χ1) is 11.8. The SMILES string of the molecule is C[C@H](c1ccc(S(C)(=O)=O)cc1)N(C)Cc1nc(-c2ccco2)no1. The highest BCUT2D eigenvalue weighted by atomic mass is 32.2. The molecule has 0 radical (unpaired) electrons. The standard InChI is InChI=1S/C17H19N3O4S/c1-12(13-6-8-14(9-7-13)25(3,21)22)20(2)11-16-18-17(19-24-16)15-5-4-10-23-15/h4-10,12H,11H2,1-3H3/t12-/m1/s1. The molecule has 3 aromatic rings. The topological polar surface area (TPSA) is 89.4 Å². The van der Waals surface area contributed by atoms with Crippen molar-refractivity contribution in [2.75, 3.05) is 13.3 Å². The third-order valence-corrected chi connectivity index (χ3v) is 5.17. The van der Waals surface area contributed by atoms with Gasteiger partial charge < -0.3 is 8.94 Å². The average Bonchev–Trinajstić information content (AvgIpc) is 3.24. The summed E-state index contributed by atoms with van der Waals surface area (Å²) in [6.45, 7) is 2.49. The molecule has 2 aromatic heterocycles. The molecule has 0 saturated heterocycles. The number of hydrogen-bond donors (Lipinski definition) is 0. The normalized spacial score (nSPS) is 13.3. The molecule has 0 amide bonds. The van der Waals surface area contributed by atoms with E-state index in [2.05, 4.69) is 10.1 Å². The second kappa shape index (κ2) is 6.81. The Balaban J connectivity index is 1.69. The number of hydrogen-bond acceptors (Lipinski definition) is 7. The van der Waals surface area contributed by atoms with Crippen molar-refractivity contribution in [2.24, 2.45) is 0 Å². The van der Waals surface area contributed by atoms with Crippen molar-refractivity contribution < 1.29 is 17.4 Å². The summed E-state index contributed by atoms with van der Waals surface area (Å²) in [6.07, 6.45) is 2.75. The Morgan fingerprint density at radius 2 is 1.92 bits per heavy atom. The van der Waals surface area contributed by atoms with Crippen molar-refractivity contribution in [3.63, 3.8) is 0 Å². The summed E-state index contributed by atoms with van der Waals surface area (Å²) in [5.74, 6) is 1.45. The Morgan fingerprint density at radius 1 is 1.20 bits per heavy atom. The Kier molecular flexibility index (Phi) is 4.73. The van der Waals surface area contributed by atoms with Crippen LogP contribution in [0.1, 0.15) is 24.4 Å². The van der Waals surface area contributed by atoms with E-state index in [0.29, 0.717) is 28.9 Å². The van der Waals surface area contributed by atoms with Crippen molar-refractivity contribution in [3.05, 3.63) is 54.1 Å². The minimum atomic E-state index is -3.19. The van der Waals surface area contributed by atoms with Gasteiger partial charge in [0.1, 0.15) is 0 Å². The van der Waals surface area contributed by atoms with Gasteiger partial charge in [0.2, 0.25) is 11.7 Å². The molecule has 0 fully saturated rings. The van der Waals surface area contributed by atoms with Crippen LogP contribution in [0.15, 0.2) is 56.5 Å². The van der Waals surface area contributed by atoms with E-state index < -0.39 is 9.84 Å². The summed E-state index contributed by atoms with van der Waals surface area (Å²) in [6, 6.07) is 10.5. The molecule has 3 rings (SSSR count). The molecule has 0 bridgehead atoms. The molecule has 2 heterocycles. The molecular formula is C17H19N3O4S. The van der Waals surface area contributed by atoms with Crippen LogP contribution in [-0.4, -0.2) is 36.8 Å². The van der Waals surface area contributed by atoms with Crippen molar-refractivity contribution >= 4 is 9.84 Å².